The number of hydrogen-bond acceptors (Lipinski definition) is 6. The smallest absolute Gasteiger partial charge is 0.313 e. The van der Waals surface area contributed by atoms with E-state index in [4.69, 9.17) is 5.11 Å². The fourth-order valence-electron chi connectivity index (χ4n) is 3.15. The van der Waals surface area contributed by atoms with Crippen LogP contribution >= 0.6 is 23.5 Å². The Morgan fingerprint density at radius 3 is 2.71 bits per heavy atom. The van der Waals surface area contributed by atoms with Crippen molar-refractivity contribution in [1.29, 1.82) is 0 Å². The molecule has 1 unspecified atom stereocenters. The van der Waals surface area contributed by atoms with Crippen LogP contribution < -0.4 is 0 Å². The lowest BCUT2D eigenvalue weighted by atomic mass is 10.0. The molecule has 5 nitrogen and oxygen atoms in total. The highest BCUT2D eigenvalue weighted by molar-refractivity contribution is 8.01. The molecule has 1 fully saturated rings. The van der Waals surface area contributed by atoms with Crippen LogP contribution in [0, 0.1) is 5.92 Å². The van der Waals surface area contributed by atoms with Gasteiger partial charge in [0.15, 0.2) is 0 Å². The maximum absolute atomic E-state index is 12.2. The predicted molar refractivity (Wildman–Crippen MR) is 115 cm³/mol. The third-order valence-electron chi connectivity index (χ3n) is 4.60. The standard InChI is InChI=1S/C21H28O5S2/c22-16(8-7-15-5-2-1-3-6-15)9-10-17-18(23)13-19(24)21(17)28-12-4-11-27-14-20(25)26/h1-3,5-6,9-10,16-18,21-23H,4,7-8,11-14H2,(H,25,26)/b10-9+/t16?,17-,18+,21+/m0/s1. The molecule has 1 aliphatic rings. The fourth-order valence-corrected chi connectivity index (χ4v) is 5.34. The molecule has 1 aromatic carbocycles. The average Bonchev–Trinajstić information content (AvgIpc) is 2.94. The van der Waals surface area contributed by atoms with Gasteiger partial charge in [0.2, 0.25) is 0 Å². The minimum atomic E-state index is -0.817. The number of aryl methyl sites for hydroxylation is 1. The summed E-state index contributed by atoms with van der Waals surface area (Å²) in [6.45, 7) is 0. The van der Waals surface area contributed by atoms with Gasteiger partial charge in [-0.1, -0.05) is 42.5 Å². The van der Waals surface area contributed by atoms with Gasteiger partial charge in [-0.15, -0.1) is 11.8 Å². The van der Waals surface area contributed by atoms with Gasteiger partial charge in [0.05, 0.1) is 23.2 Å². The Morgan fingerprint density at radius 2 is 2.00 bits per heavy atom. The summed E-state index contributed by atoms with van der Waals surface area (Å²) in [5.74, 6) is 0.526. The Bertz CT molecular complexity index is 649. The molecule has 0 heterocycles. The summed E-state index contributed by atoms with van der Waals surface area (Å²) in [5, 5.41) is 28.8. The number of aliphatic carboxylic acids is 1. The van der Waals surface area contributed by atoms with Crippen LogP contribution in [0.15, 0.2) is 42.5 Å². The highest BCUT2D eigenvalue weighted by Crippen LogP contribution is 2.34. The van der Waals surface area contributed by atoms with Gasteiger partial charge in [-0.2, -0.15) is 11.8 Å². The number of aliphatic hydroxyl groups excluding tert-OH is 2. The van der Waals surface area contributed by atoms with Crippen LogP contribution in [0.1, 0.15) is 24.8 Å². The number of thioether (sulfide) groups is 2. The number of carboxylic acids is 1. The quantitative estimate of drug-likeness (QED) is 0.351. The van der Waals surface area contributed by atoms with Gasteiger partial charge in [-0.25, -0.2) is 0 Å². The van der Waals surface area contributed by atoms with E-state index in [0.717, 1.165) is 24.3 Å². The van der Waals surface area contributed by atoms with Crippen LogP contribution in [0.25, 0.3) is 0 Å². The first-order valence-electron chi connectivity index (χ1n) is 9.49. The zero-order valence-corrected chi connectivity index (χ0v) is 17.4. The number of carbonyl (C=O) groups is 2. The van der Waals surface area contributed by atoms with Crippen molar-refractivity contribution >= 4 is 35.3 Å². The van der Waals surface area contributed by atoms with Crippen molar-refractivity contribution in [2.75, 3.05) is 17.3 Å². The first kappa shape index (κ1) is 23.0. The predicted octanol–water partition coefficient (Wildman–Crippen LogP) is 2.80. The van der Waals surface area contributed by atoms with Crippen LogP contribution in [-0.4, -0.2) is 61.8 Å². The van der Waals surface area contributed by atoms with Crippen LogP contribution in [-0.2, 0) is 16.0 Å². The molecule has 0 amide bonds. The van der Waals surface area contributed by atoms with Crippen molar-refractivity contribution in [2.45, 2.75) is 43.1 Å². The molecule has 0 saturated heterocycles. The van der Waals surface area contributed by atoms with Gasteiger partial charge < -0.3 is 15.3 Å². The highest BCUT2D eigenvalue weighted by atomic mass is 32.2. The molecule has 0 spiro atoms. The number of benzene rings is 1. The number of hydrogen-bond donors (Lipinski definition) is 3. The summed E-state index contributed by atoms with van der Waals surface area (Å²) in [5.41, 5.74) is 1.17. The molecule has 28 heavy (non-hydrogen) atoms. The van der Waals surface area contributed by atoms with Crippen molar-refractivity contribution in [3.05, 3.63) is 48.0 Å². The average molecular weight is 425 g/mol. The van der Waals surface area contributed by atoms with E-state index in [1.807, 2.05) is 30.3 Å². The zero-order chi connectivity index (χ0) is 20.4. The molecule has 0 aromatic heterocycles. The third kappa shape index (κ3) is 7.99. The maximum atomic E-state index is 12.2. The van der Waals surface area contributed by atoms with Crippen molar-refractivity contribution < 1.29 is 24.9 Å². The minimum absolute atomic E-state index is 0.0455. The molecule has 4 atom stereocenters. The Morgan fingerprint density at radius 1 is 1.25 bits per heavy atom. The SMILES string of the molecule is O=C(O)CSCCCS[C@H]1C(=O)C[C@@H](O)[C@@H]1/C=C/C(O)CCc1ccccc1. The van der Waals surface area contributed by atoms with Gasteiger partial charge in [-0.05, 0) is 36.3 Å². The number of carboxylic acid groups (broad SMARTS) is 1. The summed E-state index contributed by atoms with van der Waals surface area (Å²) in [6, 6.07) is 9.95. The zero-order valence-electron chi connectivity index (χ0n) is 15.8. The number of carbonyl (C=O) groups excluding carboxylic acids is 1. The van der Waals surface area contributed by atoms with Crippen molar-refractivity contribution in [3.63, 3.8) is 0 Å². The Kier molecular flexibility index (Phi) is 10.1. The Hall–Kier alpha value is -1.28. The highest BCUT2D eigenvalue weighted by Gasteiger charge is 2.40. The molecule has 1 saturated carbocycles. The number of rotatable bonds is 12. The molecule has 3 N–H and O–H groups in total. The lowest BCUT2D eigenvalue weighted by Crippen LogP contribution is -2.22. The van der Waals surface area contributed by atoms with Gasteiger partial charge in [0.25, 0.3) is 0 Å². The second-order valence-electron chi connectivity index (χ2n) is 6.88. The van der Waals surface area contributed by atoms with E-state index < -0.39 is 18.2 Å². The van der Waals surface area contributed by atoms with E-state index in [0.29, 0.717) is 6.42 Å². The molecule has 0 radical (unpaired) electrons. The molecule has 7 heteroatoms. The molecule has 2 rings (SSSR count). The second kappa shape index (κ2) is 12.3. The number of ketones is 1. The molecule has 1 aliphatic carbocycles. The molecule has 0 aliphatic heterocycles. The largest absolute Gasteiger partial charge is 0.481 e. The Balaban J connectivity index is 1.77. The monoisotopic (exact) mass is 424 g/mol. The van der Waals surface area contributed by atoms with E-state index in [-0.39, 0.29) is 29.1 Å². The van der Waals surface area contributed by atoms with Gasteiger partial charge in [0.1, 0.15) is 5.78 Å². The van der Waals surface area contributed by atoms with Gasteiger partial charge >= 0.3 is 5.97 Å². The van der Waals surface area contributed by atoms with Crippen LogP contribution in [0.3, 0.4) is 0 Å². The van der Waals surface area contributed by atoms with E-state index in [1.54, 1.807) is 12.2 Å². The lowest BCUT2D eigenvalue weighted by Gasteiger charge is -2.17. The summed E-state index contributed by atoms with van der Waals surface area (Å²) in [4.78, 5) is 22.7. The molecular weight excluding hydrogens is 396 g/mol. The topological polar surface area (TPSA) is 94.8 Å². The first-order valence-corrected chi connectivity index (χ1v) is 11.7. The second-order valence-corrected chi connectivity index (χ2v) is 9.24. The van der Waals surface area contributed by atoms with Gasteiger partial charge in [-0.3, -0.25) is 9.59 Å². The Labute approximate surface area is 174 Å². The maximum Gasteiger partial charge on any atom is 0.313 e. The van der Waals surface area contributed by atoms with E-state index >= 15 is 0 Å². The minimum Gasteiger partial charge on any atom is -0.481 e. The van der Waals surface area contributed by atoms with E-state index in [2.05, 4.69) is 0 Å². The summed E-state index contributed by atoms with van der Waals surface area (Å²) in [7, 11) is 0. The van der Waals surface area contributed by atoms with Crippen LogP contribution in [0.2, 0.25) is 0 Å². The van der Waals surface area contributed by atoms with Crippen molar-refractivity contribution in [3.8, 4) is 0 Å². The number of aliphatic hydroxyl groups is 2. The fraction of sp³-hybridized carbons (Fsp3) is 0.524. The summed E-state index contributed by atoms with van der Waals surface area (Å²) >= 11 is 2.89. The molecular formula is C21H28O5S2. The normalized spacial score (nSPS) is 23.4. The molecule has 154 valence electrons. The third-order valence-corrected chi connectivity index (χ3v) is 7.09. The van der Waals surface area contributed by atoms with Crippen LogP contribution in [0.4, 0.5) is 0 Å². The molecule has 0 bridgehead atoms. The molecule has 1 aromatic rings. The van der Waals surface area contributed by atoms with Crippen molar-refractivity contribution in [2.24, 2.45) is 5.92 Å². The van der Waals surface area contributed by atoms with E-state index in [1.165, 1.54) is 29.1 Å². The summed E-state index contributed by atoms with van der Waals surface area (Å²) in [6.07, 6.45) is 4.51. The van der Waals surface area contributed by atoms with Gasteiger partial charge in [0, 0.05) is 12.3 Å². The van der Waals surface area contributed by atoms with E-state index in [9.17, 15) is 19.8 Å². The summed E-state index contributed by atoms with van der Waals surface area (Å²) < 4.78 is 0. The number of Topliss-reactive ketones (excluding diaryl/α,β-unsaturated/α-hetero) is 1. The van der Waals surface area contributed by atoms with Crippen molar-refractivity contribution in [1.82, 2.24) is 0 Å². The first-order chi connectivity index (χ1) is 13.5. The lowest BCUT2D eigenvalue weighted by molar-refractivity contribution is -0.133. The van der Waals surface area contributed by atoms with Crippen LogP contribution in [0.5, 0.6) is 0 Å².